The number of pyridine rings is 1. The Morgan fingerprint density at radius 3 is 2.73 bits per heavy atom. The van der Waals surface area contributed by atoms with Crippen LogP contribution in [0.5, 0.6) is 5.75 Å². The Balaban J connectivity index is 1.44. The number of imide groups is 1. The van der Waals surface area contributed by atoms with Crippen molar-refractivity contribution >= 4 is 28.7 Å². The molecule has 0 saturated carbocycles. The molecule has 1 unspecified atom stereocenters. The van der Waals surface area contributed by atoms with Gasteiger partial charge in [0.2, 0.25) is 5.91 Å². The van der Waals surface area contributed by atoms with Gasteiger partial charge in [0.25, 0.3) is 5.24 Å². The van der Waals surface area contributed by atoms with Gasteiger partial charge in [0, 0.05) is 6.20 Å². The third kappa shape index (κ3) is 4.76. The monoisotopic (exact) mass is 371 g/mol. The molecular weight excluding hydrogens is 350 g/mol. The average Bonchev–Trinajstić information content (AvgIpc) is 2.97. The van der Waals surface area contributed by atoms with Gasteiger partial charge in [-0.1, -0.05) is 36.9 Å². The van der Waals surface area contributed by atoms with Crippen molar-refractivity contribution in [3.8, 4) is 5.75 Å². The van der Waals surface area contributed by atoms with Crippen LogP contribution in [-0.4, -0.2) is 34.5 Å². The fraction of sp³-hybridized carbons (Fsp3) is 0.316. The van der Waals surface area contributed by atoms with E-state index in [2.05, 4.69) is 28.6 Å². The van der Waals surface area contributed by atoms with Crippen LogP contribution >= 0.6 is 11.8 Å². The third-order valence-electron chi connectivity index (χ3n) is 4.05. The molecule has 1 fully saturated rings. The number of carbonyl (C=O) groups is 2. The summed E-state index contributed by atoms with van der Waals surface area (Å²) < 4.78 is 5.74. The molecule has 2 amide bonds. The molecule has 2 heterocycles. The van der Waals surface area contributed by atoms with E-state index in [0.29, 0.717) is 19.6 Å². The van der Waals surface area contributed by atoms with Gasteiger partial charge in [-0.05, 0) is 42.2 Å². The summed E-state index contributed by atoms with van der Waals surface area (Å²) in [7, 11) is 0. The molecule has 3 rings (SSSR count). The van der Waals surface area contributed by atoms with Crippen molar-refractivity contribution in [2.24, 2.45) is 0 Å². The van der Waals surface area contributed by atoms with Crippen molar-refractivity contribution in [3.63, 3.8) is 0 Å². The lowest BCUT2D eigenvalue weighted by atomic mass is 10.1. The summed E-state index contributed by atoms with van der Waals surface area (Å²) in [6.07, 6.45) is 3.24. The lowest BCUT2D eigenvalue weighted by molar-refractivity contribution is -0.118. The summed E-state index contributed by atoms with van der Waals surface area (Å²) in [6, 6.07) is 11.6. The molecule has 26 heavy (non-hydrogen) atoms. The molecule has 1 atom stereocenters. The van der Waals surface area contributed by atoms with Gasteiger partial charge in [0.05, 0.1) is 11.8 Å². The van der Waals surface area contributed by atoms with Crippen molar-refractivity contribution in [1.82, 2.24) is 10.3 Å². The molecule has 2 aromatic rings. The van der Waals surface area contributed by atoms with E-state index in [9.17, 15) is 9.59 Å². The first-order valence-electron chi connectivity index (χ1n) is 8.56. The molecule has 136 valence electrons. The Morgan fingerprint density at radius 2 is 2.04 bits per heavy atom. The number of anilines is 1. The predicted molar refractivity (Wildman–Crippen MR) is 103 cm³/mol. The minimum Gasteiger partial charge on any atom is -0.492 e. The van der Waals surface area contributed by atoms with Gasteiger partial charge in [-0.2, -0.15) is 0 Å². The largest absolute Gasteiger partial charge is 0.492 e. The first-order valence-corrected chi connectivity index (χ1v) is 9.44. The van der Waals surface area contributed by atoms with Crippen molar-refractivity contribution in [3.05, 3.63) is 53.7 Å². The molecule has 1 aromatic carbocycles. The van der Waals surface area contributed by atoms with Crippen LogP contribution in [0.25, 0.3) is 0 Å². The predicted octanol–water partition coefficient (Wildman–Crippen LogP) is 3.03. The Labute approximate surface area is 156 Å². The first-order chi connectivity index (χ1) is 12.7. The molecule has 0 aliphatic carbocycles. The number of hydrogen-bond acceptors (Lipinski definition) is 6. The van der Waals surface area contributed by atoms with Gasteiger partial charge >= 0.3 is 0 Å². The summed E-state index contributed by atoms with van der Waals surface area (Å²) in [5.74, 6) is 1.45. The standard InChI is InChI=1S/C19H21N3O3S/c1-2-14-4-3-9-20-17(14)21-10-11-25-15-7-5-13(6-8-15)12-16-18(23)22-19(24)26-16/h3-9,16H,2,10-12H2,1H3,(H,20,21)(H,22,23,24). The fourth-order valence-corrected chi connectivity index (χ4v) is 3.54. The second-order valence-electron chi connectivity index (χ2n) is 5.87. The van der Waals surface area contributed by atoms with Crippen LogP contribution in [0.15, 0.2) is 42.6 Å². The molecule has 7 heteroatoms. The molecule has 1 saturated heterocycles. The highest BCUT2D eigenvalue weighted by atomic mass is 32.2. The Kier molecular flexibility index (Phi) is 6.12. The Bertz CT molecular complexity index is 780. The van der Waals surface area contributed by atoms with E-state index < -0.39 is 0 Å². The highest BCUT2D eigenvalue weighted by Gasteiger charge is 2.31. The number of amides is 2. The van der Waals surface area contributed by atoms with Crippen LogP contribution in [0.4, 0.5) is 10.6 Å². The summed E-state index contributed by atoms with van der Waals surface area (Å²) in [5, 5.41) is 4.98. The topological polar surface area (TPSA) is 80.3 Å². The quantitative estimate of drug-likeness (QED) is 0.695. The minimum atomic E-state index is -0.343. The van der Waals surface area contributed by atoms with Gasteiger partial charge in [-0.15, -0.1) is 0 Å². The normalized spacial score (nSPS) is 16.4. The maximum absolute atomic E-state index is 11.6. The fourth-order valence-electron chi connectivity index (χ4n) is 2.68. The van der Waals surface area contributed by atoms with Crippen LogP contribution in [0.3, 0.4) is 0 Å². The number of aromatic nitrogens is 1. The minimum absolute atomic E-state index is 0.215. The highest BCUT2D eigenvalue weighted by Crippen LogP contribution is 2.23. The van der Waals surface area contributed by atoms with Crippen LogP contribution in [0.1, 0.15) is 18.1 Å². The Morgan fingerprint density at radius 1 is 1.23 bits per heavy atom. The molecule has 1 aliphatic heterocycles. The van der Waals surface area contributed by atoms with E-state index in [4.69, 9.17) is 4.74 Å². The van der Waals surface area contributed by atoms with E-state index in [1.165, 1.54) is 5.56 Å². The second kappa shape index (κ2) is 8.71. The van der Waals surface area contributed by atoms with Gasteiger partial charge < -0.3 is 10.1 Å². The maximum Gasteiger partial charge on any atom is 0.286 e. The molecule has 1 aliphatic rings. The van der Waals surface area contributed by atoms with E-state index in [1.807, 2.05) is 30.3 Å². The van der Waals surface area contributed by atoms with E-state index in [0.717, 1.165) is 35.3 Å². The lowest BCUT2D eigenvalue weighted by Gasteiger charge is -2.11. The van der Waals surface area contributed by atoms with Crippen LogP contribution < -0.4 is 15.4 Å². The number of carbonyl (C=O) groups excluding carboxylic acids is 2. The number of rotatable bonds is 8. The molecule has 2 N–H and O–H groups in total. The van der Waals surface area contributed by atoms with Crippen LogP contribution in [0, 0.1) is 0 Å². The number of nitrogens with zero attached hydrogens (tertiary/aromatic N) is 1. The molecule has 6 nitrogen and oxygen atoms in total. The summed E-state index contributed by atoms with van der Waals surface area (Å²) in [6.45, 7) is 3.28. The number of aryl methyl sites for hydroxylation is 1. The first kappa shape index (κ1) is 18.3. The lowest BCUT2D eigenvalue weighted by Crippen LogP contribution is -2.25. The van der Waals surface area contributed by atoms with Gasteiger partial charge in [0.15, 0.2) is 0 Å². The van der Waals surface area contributed by atoms with Crippen molar-refractivity contribution in [1.29, 1.82) is 0 Å². The van der Waals surface area contributed by atoms with Gasteiger partial charge in [0.1, 0.15) is 18.2 Å². The Hall–Kier alpha value is -2.54. The zero-order chi connectivity index (χ0) is 18.4. The van der Waals surface area contributed by atoms with Crippen molar-refractivity contribution in [2.45, 2.75) is 25.0 Å². The molecule has 0 radical (unpaired) electrons. The summed E-state index contributed by atoms with van der Waals surface area (Å²) >= 11 is 1.05. The zero-order valence-corrected chi connectivity index (χ0v) is 15.3. The molecule has 0 spiro atoms. The number of thioether (sulfide) groups is 1. The number of benzene rings is 1. The highest BCUT2D eigenvalue weighted by molar-refractivity contribution is 8.15. The van der Waals surface area contributed by atoms with E-state index in [1.54, 1.807) is 6.20 Å². The van der Waals surface area contributed by atoms with Crippen LogP contribution in [0.2, 0.25) is 0 Å². The second-order valence-corrected chi connectivity index (χ2v) is 7.05. The molecule has 0 bridgehead atoms. The SMILES string of the molecule is CCc1cccnc1NCCOc1ccc(CC2SC(=O)NC2=O)cc1. The van der Waals surface area contributed by atoms with E-state index in [-0.39, 0.29) is 16.4 Å². The zero-order valence-electron chi connectivity index (χ0n) is 14.5. The molecular formula is C19H21N3O3S. The van der Waals surface area contributed by atoms with Crippen molar-refractivity contribution < 1.29 is 14.3 Å². The number of hydrogen-bond donors (Lipinski definition) is 2. The molecule has 1 aromatic heterocycles. The van der Waals surface area contributed by atoms with Gasteiger partial charge in [-0.25, -0.2) is 4.98 Å². The average molecular weight is 371 g/mol. The number of ether oxygens (including phenoxy) is 1. The van der Waals surface area contributed by atoms with Gasteiger partial charge in [-0.3, -0.25) is 14.9 Å². The van der Waals surface area contributed by atoms with Crippen molar-refractivity contribution in [2.75, 3.05) is 18.5 Å². The third-order valence-corrected chi connectivity index (χ3v) is 5.03. The van der Waals surface area contributed by atoms with E-state index >= 15 is 0 Å². The van der Waals surface area contributed by atoms with Crippen LogP contribution in [-0.2, 0) is 17.6 Å². The summed E-state index contributed by atoms with van der Waals surface area (Å²) in [4.78, 5) is 27.1. The summed E-state index contributed by atoms with van der Waals surface area (Å²) in [5.41, 5.74) is 2.18. The maximum atomic E-state index is 11.6. The number of nitrogens with one attached hydrogen (secondary N) is 2. The smallest absolute Gasteiger partial charge is 0.286 e.